The second kappa shape index (κ2) is 4.93. The molecule has 7 rings (SSSR count). The monoisotopic (exact) mass is 392 g/mol. The lowest BCUT2D eigenvalue weighted by molar-refractivity contribution is 0.0771. The quantitative estimate of drug-likeness (QED) is 0.214. The van der Waals surface area contributed by atoms with E-state index in [0.29, 0.717) is 27.6 Å². The topological polar surface area (TPSA) is 95.5 Å². The molecule has 0 saturated carbocycles. The van der Waals surface area contributed by atoms with E-state index in [2.05, 4.69) is 10.6 Å². The lowest BCUT2D eigenvalue weighted by Gasteiger charge is -2.26. The highest BCUT2D eigenvalue weighted by molar-refractivity contribution is 6.39. The van der Waals surface area contributed by atoms with Crippen LogP contribution in [0.15, 0.2) is 48.5 Å². The first-order valence-electron chi connectivity index (χ1n) is 9.59. The summed E-state index contributed by atoms with van der Waals surface area (Å²) in [4.78, 5) is 37.4. The summed E-state index contributed by atoms with van der Waals surface area (Å²) in [5.41, 5.74) is 2.15. The standard InChI is InChI=1S/C24H12N2O4/c27-21-13-5-1-9-10-2-6-15-20-16(24(30)26-23(15)29)8-4-12(18(10)20)11-3-7-14(22(28)25-21)19(13)17(9)11/h1-8,21,27H,(H,25,28)(H,26,29,30). The number of amides is 3. The summed E-state index contributed by atoms with van der Waals surface area (Å²) in [7, 11) is 0. The first-order valence-corrected chi connectivity index (χ1v) is 9.59. The molecule has 0 saturated heterocycles. The lowest BCUT2D eigenvalue weighted by Crippen LogP contribution is -2.34. The molecule has 5 aromatic rings. The Hall–Kier alpha value is -4.03. The van der Waals surface area contributed by atoms with E-state index in [1.807, 2.05) is 30.3 Å². The fourth-order valence-electron chi connectivity index (χ4n) is 5.23. The molecule has 0 fully saturated rings. The van der Waals surface area contributed by atoms with Gasteiger partial charge in [0.05, 0.1) is 0 Å². The molecule has 6 heteroatoms. The van der Waals surface area contributed by atoms with E-state index < -0.39 is 18.0 Å². The maximum absolute atomic E-state index is 12.5. The smallest absolute Gasteiger partial charge is 0.258 e. The number of hydrogen-bond donors (Lipinski definition) is 3. The van der Waals surface area contributed by atoms with E-state index in [1.54, 1.807) is 18.2 Å². The number of rotatable bonds is 0. The minimum absolute atomic E-state index is 0.308. The molecule has 0 aromatic heterocycles. The van der Waals surface area contributed by atoms with Crippen LogP contribution in [-0.2, 0) is 0 Å². The zero-order chi connectivity index (χ0) is 20.3. The molecule has 0 aliphatic carbocycles. The van der Waals surface area contributed by atoms with Crippen LogP contribution < -0.4 is 10.6 Å². The number of nitrogens with one attached hydrogen (secondary N) is 2. The van der Waals surface area contributed by atoms with Crippen LogP contribution in [0.2, 0.25) is 0 Å². The largest absolute Gasteiger partial charge is 0.369 e. The summed E-state index contributed by atoms with van der Waals surface area (Å²) in [6.07, 6.45) is -1.06. The lowest BCUT2D eigenvalue weighted by atomic mass is 9.82. The average molecular weight is 392 g/mol. The number of hydrogen-bond acceptors (Lipinski definition) is 4. The van der Waals surface area contributed by atoms with Crippen molar-refractivity contribution < 1.29 is 19.5 Å². The van der Waals surface area contributed by atoms with Crippen molar-refractivity contribution in [3.05, 3.63) is 70.8 Å². The van der Waals surface area contributed by atoms with Gasteiger partial charge < -0.3 is 10.4 Å². The van der Waals surface area contributed by atoms with Gasteiger partial charge in [-0.05, 0) is 50.5 Å². The van der Waals surface area contributed by atoms with Crippen LogP contribution in [-0.4, -0.2) is 22.8 Å². The number of carbonyl (C=O) groups is 3. The summed E-state index contributed by atoms with van der Waals surface area (Å²) in [5.74, 6) is -1.10. The van der Waals surface area contributed by atoms with Crippen molar-refractivity contribution in [1.29, 1.82) is 0 Å². The first kappa shape index (κ1) is 15.8. The fraction of sp³-hybridized carbons (Fsp3) is 0.0417. The minimum Gasteiger partial charge on any atom is -0.369 e. The third kappa shape index (κ3) is 1.63. The second-order valence-corrected chi connectivity index (χ2v) is 7.84. The number of aliphatic hydroxyl groups excluding tert-OH is 1. The SMILES string of the molecule is O=C1NC(=O)c2ccc3c4ccc5c6c(ccc(c7ccc1c2c73)c64)C(=O)NC5O. The summed E-state index contributed by atoms with van der Waals surface area (Å²) >= 11 is 0. The van der Waals surface area contributed by atoms with Gasteiger partial charge >= 0.3 is 0 Å². The number of fused-ring (bicyclic) bond motifs is 2. The molecule has 3 N–H and O–H groups in total. The van der Waals surface area contributed by atoms with E-state index in [1.165, 1.54) is 0 Å². The molecular weight excluding hydrogens is 380 g/mol. The Balaban J connectivity index is 1.81. The maximum Gasteiger partial charge on any atom is 0.258 e. The Labute approximate surface area is 168 Å². The normalized spacial score (nSPS) is 17.9. The predicted octanol–water partition coefficient (Wildman–Crippen LogP) is 3.36. The number of carbonyl (C=O) groups excluding carboxylic acids is 3. The Morgan fingerprint density at radius 3 is 1.60 bits per heavy atom. The van der Waals surface area contributed by atoms with Gasteiger partial charge in [0.15, 0.2) is 6.23 Å². The first-order chi connectivity index (χ1) is 14.5. The Bertz CT molecular complexity index is 1600. The van der Waals surface area contributed by atoms with Crippen molar-refractivity contribution in [3.8, 4) is 0 Å². The van der Waals surface area contributed by atoms with Gasteiger partial charge in [-0.2, -0.15) is 0 Å². The van der Waals surface area contributed by atoms with Gasteiger partial charge in [0.2, 0.25) is 0 Å². The molecule has 30 heavy (non-hydrogen) atoms. The zero-order valence-electron chi connectivity index (χ0n) is 15.4. The van der Waals surface area contributed by atoms with Crippen molar-refractivity contribution >= 4 is 60.8 Å². The summed E-state index contributed by atoms with van der Waals surface area (Å²) in [5, 5.41) is 22.2. The van der Waals surface area contributed by atoms with E-state index in [4.69, 9.17) is 0 Å². The Morgan fingerprint density at radius 2 is 1.03 bits per heavy atom. The van der Waals surface area contributed by atoms with Crippen LogP contribution in [0.25, 0.3) is 43.1 Å². The molecule has 6 nitrogen and oxygen atoms in total. The van der Waals surface area contributed by atoms with Crippen molar-refractivity contribution in [2.24, 2.45) is 0 Å². The zero-order valence-corrected chi connectivity index (χ0v) is 15.4. The van der Waals surface area contributed by atoms with E-state index >= 15 is 0 Å². The highest BCUT2D eigenvalue weighted by Gasteiger charge is 2.30. The van der Waals surface area contributed by atoms with Crippen molar-refractivity contribution in [1.82, 2.24) is 10.6 Å². The summed E-state index contributed by atoms with van der Waals surface area (Å²) in [6.45, 7) is 0. The molecule has 5 aromatic carbocycles. The summed E-state index contributed by atoms with van der Waals surface area (Å²) in [6, 6.07) is 14.7. The van der Waals surface area contributed by atoms with E-state index in [0.717, 1.165) is 37.7 Å². The molecule has 0 radical (unpaired) electrons. The predicted molar refractivity (Wildman–Crippen MR) is 112 cm³/mol. The van der Waals surface area contributed by atoms with E-state index in [-0.39, 0.29) is 5.91 Å². The maximum atomic E-state index is 12.5. The minimum atomic E-state index is -1.06. The third-order valence-corrected chi connectivity index (χ3v) is 6.46. The number of imide groups is 1. The van der Waals surface area contributed by atoms with Crippen molar-refractivity contribution in [2.75, 3.05) is 0 Å². The number of aliphatic hydroxyl groups is 1. The molecule has 2 heterocycles. The molecule has 2 aliphatic heterocycles. The molecule has 1 unspecified atom stereocenters. The van der Waals surface area contributed by atoms with Crippen molar-refractivity contribution in [3.63, 3.8) is 0 Å². The Kier molecular flexibility index (Phi) is 2.60. The molecule has 142 valence electrons. The molecule has 3 amide bonds. The third-order valence-electron chi connectivity index (χ3n) is 6.46. The molecular formula is C24H12N2O4. The highest BCUT2D eigenvalue weighted by Crippen LogP contribution is 2.45. The molecule has 0 spiro atoms. The van der Waals surface area contributed by atoms with Gasteiger partial charge in [-0.25, -0.2) is 0 Å². The fourth-order valence-corrected chi connectivity index (χ4v) is 5.23. The summed E-state index contributed by atoms with van der Waals surface area (Å²) < 4.78 is 0. The van der Waals surface area contributed by atoms with Crippen LogP contribution >= 0.6 is 0 Å². The van der Waals surface area contributed by atoms with Crippen molar-refractivity contribution in [2.45, 2.75) is 6.23 Å². The second-order valence-electron chi connectivity index (χ2n) is 7.84. The van der Waals surface area contributed by atoms with Crippen LogP contribution in [0, 0.1) is 0 Å². The average Bonchev–Trinajstić information content (AvgIpc) is 2.74. The van der Waals surface area contributed by atoms with Crippen LogP contribution in [0.4, 0.5) is 0 Å². The van der Waals surface area contributed by atoms with Crippen LogP contribution in [0.5, 0.6) is 0 Å². The van der Waals surface area contributed by atoms with Gasteiger partial charge in [0.25, 0.3) is 17.7 Å². The van der Waals surface area contributed by atoms with Gasteiger partial charge in [0.1, 0.15) is 0 Å². The van der Waals surface area contributed by atoms with Gasteiger partial charge in [-0.15, -0.1) is 0 Å². The van der Waals surface area contributed by atoms with Gasteiger partial charge in [-0.3, -0.25) is 19.7 Å². The van der Waals surface area contributed by atoms with Crippen LogP contribution in [0.3, 0.4) is 0 Å². The van der Waals surface area contributed by atoms with Gasteiger partial charge in [-0.1, -0.05) is 30.3 Å². The van der Waals surface area contributed by atoms with Gasteiger partial charge in [0, 0.05) is 33.0 Å². The van der Waals surface area contributed by atoms with E-state index in [9.17, 15) is 19.5 Å². The molecule has 1 atom stereocenters. The highest BCUT2D eigenvalue weighted by atomic mass is 16.3. The molecule has 2 aliphatic rings. The number of benzene rings is 5. The van der Waals surface area contributed by atoms with Crippen LogP contribution in [0.1, 0.15) is 42.9 Å². The molecule has 0 bridgehead atoms. The Morgan fingerprint density at radius 1 is 0.567 bits per heavy atom.